The normalized spacial score (nSPS) is 13.0. The second kappa shape index (κ2) is 7.66. The Kier molecular flexibility index (Phi) is 5.32. The van der Waals surface area contributed by atoms with Crippen molar-refractivity contribution >= 4 is 40.5 Å². The molecular formula is C20H21N3O2S. The summed E-state index contributed by atoms with van der Waals surface area (Å²) in [6.45, 7) is 3.90. The Morgan fingerprint density at radius 2 is 1.69 bits per heavy atom. The lowest BCUT2D eigenvalue weighted by atomic mass is 10.1. The molecule has 2 amide bonds. The highest BCUT2D eigenvalue weighted by atomic mass is 32.1. The van der Waals surface area contributed by atoms with Crippen LogP contribution in [-0.2, 0) is 4.79 Å². The van der Waals surface area contributed by atoms with Crippen molar-refractivity contribution < 1.29 is 9.59 Å². The fourth-order valence-electron chi connectivity index (χ4n) is 2.46. The van der Waals surface area contributed by atoms with E-state index in [0.29, 0.717) is 11.3 Å². The van der Waals surface area contributed by atoms with Crippen LogP contribution in [0.3, 0.4) is 0 Å². The smallest absolute Gasteiger partial charge is 0.257 e. The average Bonchev–Trinajstić information content (AvgIpc) is 3.43. The molecule has 26 heavy (non-hydrogen) atoms. The lowest BCUT2D eigenvalue weighted by Crippen LogP contribution is -2.34. The molecule has 0 saturated heterocycles. The van der Waals surface area contributed by atoms with Gasteiger partial charge in [0.25, 0.3) is 5.91 Å². The van der Waals surface area contributed by atoms with E-state index < -0.39 is 0 Å². The molecule has 3 N–H and O–H groups in total. The van der Waals surface area contributed by atoms with Crippen molar-refractivity contribution in [3.8, 4) is 0 Å². The first-order chi connectivity index (χ1) is 12.4. The summed E-state index contributed by atoms with van der Waals surface area (Å²) in [7, 11) is 0. The van der Waals surface area contributed by atoms with Crippen LogP contribution in [0.1, 0.15) is 34.3 Å². The molecule has 0 radical (unpaired) electrons. The lowest BCUT2D eigenvalue weighted by Gasteiger charge is -2.13. The second-order valence-corrected chi connectivity index (χ2v) is 6.98. The Labute approximate surface area is 158 Å². The monoisotopic (exact) mass is 367 g/mol. The van der Waals surface area contributed by atoms with E-state index in [-0.39, 0.29) is 22.8 Å². The third-order valence-electron chi connectivity index (χ3n) is 4.24. The van der Waals surface area contributed by atoms with E-state index in [1.807, 2.05) is 44.2 Å². The van der Waals surface area contributed by atoms with E-state index >= 15 is 0 Å². The zero-order valence-electron chi connectivity index (χ0n) is 14.8. The second-order valence-electron chi connectivity index (χ2n) is 6.57. The molecule has 2 aromatic carbocycles. The maximum atomic E-state index is 12.2. The fourth-order valence-corrected chi connectivity index (χ4v) is 2.67. The average molecular weight is 367 g/mol. The van der Waals surface area contributed by atoms with Gasteiger partial charge in [-0.2, -0.15) is 0 Å². The summed E-state index contributed by atoms with van der Waals surface area (Å²) in [5, 5.41) is 8.80. The van der Waals surface area contributed by atoms with Gasteiger partial charge >= 0.3 is 0 Å². The largest absolute Gasteiger partial charge is 0.332 e. The third kappa shape index (κ3) is 4.67. The molecule has 0 bridgehead atoms. The third-order valence-corrected chi connectivity index (χ3v) is 4.45. The highest BCUT2D eigenvalue weighted by molar-refractivity contribution is 7.80. The zero-order valence-corrected chi connectivity index (χ0v) is 15.6. The minimum Gasteiger partial charge on any atom is -0.332 e. The topological polar surface area (TPSA) is 70.2 Å². The lowest BCUT2D eigenvalue weighted by molar-refractivity contribution is -0.117. The number of aryl methyl sites for hydroxylation is 2. The van der Waals surface area contributed by atoms with Gasteiger partial charge in [0.15, 0.2) is 5.11 Å². The molecule has 1 fully saturated rings. The van der Waals surface area contributed by atoms with Crippen molar-refractivity contribution in [3.63, 3.8) is 0 Å². The summed E-state index contributed by atoms with van der Waals surface area (Å²) in [6.07, 6.45) is 1.91. The molecule has 0 unspecified atom stereocenters. The Bertz CT molecular complexity index is 858. The number of carbonyl (C=O) groups is 2. The van der Waals surface area contributed by atoms with Gasteiger partial charge in [-0.25, -0.2) is 0 Å². The molecule has 0 atom stereocenters. The first kappa shape index (κ1) is 18.1. The van der Waals surface area contributed by atoms with Gasteiger partial charge in [-0.3, -0.25) is 14.9 Å². The Morgan fingerprint density at radius 3 is 2.35 bits per heavy atom. The molecule has 2 aromatic rings. The number of carbonyl (C=O) groups excluding carboxylic acids is 2. The maximum Gasteiger partial charge on any atom is 0.257 e. The molecule has 134 valence electrons. The van der Waals surface area contributed by atoms with Crippen molar-refractivity contribution in [3.05, 3.63) is 59.2 Å². The molecule has 0 aromatic heterocycles. The molecule has 1 saturated carbocycles. The molecule has 5 nitrogen and oxygen atoms in total. The van der Waals surface area contributed by atoms with E-state index in [2.05, 4.69) is 16.0 Å². The highest BCUT2D eigenvalue weighted by Crippen LogP contribution is 2.31. The van der Waals surface area contributed by atoms with E-state index in [0.717, 1.165) is 29.7 Å². The molecule has 0 heterocycles. The van der Waals surface area contributed by atoms with Crippen molar-refractivity contribution in [2.24, 2.45) is 5.92 Å². The molecule has 0 spiro atoms. The van der Waals surface area contributed by atoms with Gasteiger partial charge in [-0.15, -0.1) is 0 Å². The SMILES string of the molecule is Cc1ccc(C(=O)NC(=S)Nc2ccc(C)c(NC(=O)C3CC3)c2)cc1. The van der Waals surface area contributed by atoms with E-state index in [4.69, 9.17) is 12.2 Å². The van der Waals surface area contributed by atoms with Gasteiger partial charge in [0, 0.05) is 22.9 Å². The van der Waals surface area contributed by atoms with Crippen molar-refractivity contribution in [1.82, 2.24) is 5.32 Å². The predicted molar refractivity (Wildman–Crippen MR) is 107 cm³/mol. The van der Waals surface area contributed by atoms with Crippen LogP contribution >= 0.6 is 12.2 Å². The van der Waals surface area contributed by atoms with Gasteiger partial charge in [0.1, 0.15) is 0 Å². The molecule has 3 rings (SSSR count). The van der Waals surface area contributed by atoms with Gasteiger partial charge in [0.2, 0.25) is 5.91 Å². The number of thiocarbonyl (C=S) groups is 1. The predicted octanol–water partition coefficient (Wildman–Crippen LogP) is 3.78. The Balaban J connectivity index is 1.62. The number of hydrogen-bond acceptors (Lipinski definition) is 3. The minimum atomic E-state index is -0.267. The van der Waals surface area contributed by atoms with Gasteiger partial charge < -0.3 is 10.6 Å². The summed E-state index contributed by atoms with van der Waals surface area (Å²) in [6, 6.07) is 12.8. The van der Waals surface area contributed by atoms with Gasteiger partial charge in [-0.05, 0) is 68.7 Å². The highest BCUT2D eigenvalue weighted by Gasteiger charge is 2.29. The summed E-state index contributed by atoms with van der Waals surface area (Å²) in [5.41, 5.74) is 4.05. The number of rotatable bonds is 4. The summed E-state index contributed by atoms with van der Waals surface area (Å²) in [5.74, 6) is -0.0711. The first-order valence-electron chi connectivity index (χ1n) is 8.53. The van der Waals surface area contributed by atoms with Crippen molar-refractivity contribution in [1.29, 1.82) is 0 Å². The number of benzene rings is 2. The quantitative estimate of drug-likeness (QED) is 0.719. The summed E-state index contributed by atoms with van der Waals surface area (Å²) in [4.78, 5) is 24.2. The molecule has 6 heteroatoms. The van der Waals surface area contributed by atoms with Crippen LogP contribution < -0.4 is 16.0 Å². The van der Waals surface area contributed by atoms with Crippen LogP contribution in [0.2, 0.25) is 0 Å². The number of amides is 2. The molecule has 1 aliphatic rings. The van der Waals surface area contributed by atoms with Crippen LogP contribution in [0.4, 0.5) is 11.4 Å². The Morgan fingerprint density at radius 1 is 1.00 bits per heavy atom. The van der Waals surface area contributed by atoms with Crippen LogP contribution in [0.5, 0.6) is 0 Å². The molecule has 0 aliphatic heterocycles. The van der Waals surface area contributed by atoms with Gasteiger partial charge in [0.05, 0.1) is 0 Å². The van der Waals surface area contributed by atoms with Crippen LogP contribution in [0.15, 0.2) is 42.5 Å². The maximum absolute atomic E-state index is 12.2. The molecular weight excluding hydrogens is 346 g/mol. The number of nitrogens with one attached hydrogen (secondary N) is 3. The fraction of sp³-hybridized carbons (Fsp3) is 0.250. The van der Waals surface area contributed by atoms with Crippen LogP contribution in [0, 0.1) is 19.8 Å². The first-order valence-corrected chi connectivity index (χ1v) is 8.94. The van der Waals surface area contributed by atoms with E-state index in [1.165, 1.54) is 0 Å². The summed E-state index contributed by atoms with van der Waals surface area (Å²) >= 11 is 5.22. The minimum absolute atomic E-state index is 0.0560. The Hall–Kier alpha value is -2.73. The number of anilines is 2. The number of hydrogen-bond donors (Lipinski definition) is 3. The van der Waals surface area contributed by atoms with E-state index in [9.17, 15) is 9.59 Å². The molecule has 1 aliphatic carbocycles. The van der Waals surface area contributed by atoms with Crippen molar-refractivity contribution in [2.75, 3.05) is 10.6 Å². The zero-order chi connectivity index (χ0) is 18.7. The van der Waals surface area contributed by atoms with E-state index in [1.54, 1.807) is 12.1 Å². The van der Waals surface area contributed by atoms with Crippen molar-refractivity contribution in [2.45, 2.75) is 26.7 Å². The van der Waals surface area contributed by atoms with Gasteiger partial charge in [-0.1, -0.05) is 23.8 Å². The van der Waals surface area contributed by atoms with Crippen LogP contribution in [-0.4, -0.2) is 16.9 Å². The standard InChI is InChI=1S/C20H21N3O2S/c1-12-3-6-14(7-4-12)19(25)23-20(26)21-16-10-5-13(2)17(11-16)22-18(24)15-8-9-15/h3-7,10-11,15H,8-9H2,1-2H3,(H,22,24)(H2,21,23,25,26). The van der Waals surface area contributed by atoms with Crippen LogP contribution in [0.25, 0.3) is 0 Å². The summed E-state index contributed by atoms with van der Waals surface area (Å²) < 4.78 is 0.